The summed E-state index contributed by atoms with van der Waals surface area (Å²) in [5, 5.41) is 16.1. The third kappa shape index (κ3) is 3.54. The molecule has 5 heterocycles. The van der Waals surface area contributed by atoms with E-state index in [0.717, 1.165) is 43.9 Å². The number of fused-ring (bicyclic) bond motifs is 1. The van der Waals surface area contributed by atoms with Crippen LogP contribution in [0.2, 0.25) is 0 Å². The van der Waals surface area contributed by atoms with Crippen molar-refractivity contribution in [1.82, 2.24) is 35.0 Å². The maximum absolute atomic E-state index is 12.4. The molecule has 1 N–H and O–H groups in total. The Morgan fingerprint density at radius 1 is 1.30 bits per heavy atom. The van der Waals surface area contributed by atoms with E-state index < -0.39 is 0 Å². The molecule has 5 rings (SSSR count). The summed E-state index contributed by atoms with van der Waals surface area (Å²) >= 11 is 0. The van der Waals surface area contributed by atoms with Gasteiger partial charge in [-0.1, -0.05) is 0 Å². The van der Waals surface area contributed by atoms with Gasteiger partial charge in [0.05, 0.1) is 12.1 Å². The molecule has 2 amide bonds. The van der Waals surface area contributed by atoms with Crippen LogP contribution in [0, 0.1) is 0 Å². The summed E-state index contributed by atoms with van der Waals surface area (Å²) in [7, 11) is 1.84. The second-order valence-corrected chi connectivity index (χ2v) is 7.72. The van der Waals surface area contributed by atoms with E-state index in [0.29, 0.717) is 18.0 Å². The molecule has 0 aliphatic carbocycles. The summed E-state index contributed by atoms with van der Waals surface area (Å²) in [6.07, 6.45) is 5.70. The number of nitrogens with zero attached hydrogens (tertiary/aromatic N) is 7. The van der Waals surface area contributed by atoms with E-state index >= 15 is 0 Å². The topological polar surface area (TPSA) is 101 Å². The Morgan fingerprint density at radius 2 is 2.20 bits per heavy atom. The molecule has 10 heteroatoms. The van der Waals surface area contributed by atoms with Gasteiger partial charge in [-0.05, 0) is 37.1 Å². The summed E-state index contributed by atoms with van der Waals surface area (Å²) in [5.41, 5.74) is 1.54. The highest BCUT2D eigenvalue weighted by molar-refractivity contribution is 5.74. The lowest BCUT2D eigenvalue weighted by Crippen LogP contribution is -2.61. The molecule has 30 heavy (non-hydrogen) atoms. The number of aromatic nitrogens is 5. The summed E-state index contributed by atoms with van der Waals surface area (Å²) in [4.78, 5) is 20.5. The number of anilines is 1. The molecular weight excluding hydrogens is 384 g/mol. The van der Waals surface area contributed by atoms with Crippen molar-refractivity contribution in [3.8, 4) is 11.4 Å². The molecule has 2 fully saturated rings. The summed E-state index contributed by atoms with van der Waals surface area (Å²) in [6.45, 7) is 2.82. The third-order valence-electron chi connectivity index (χ3n) is 5.73. The minimum Gasteiger partial charge on any atom is -0.376 e. The van der Waals surface area contributed by atoms with Crippen molar-refractivity contribution < 1.29 is 9.53 Å². The first kappa shape index (κ1) is 18.7. The Hall–Kier alpha value is -3.27. The van der Waals surface area contributed by atoms with Crippen LogP contribution in [-0.2, 0) is 4.74 Å². The molecular formula is C20H24N8O2. The maximum atomic E-state index is 12.4. The first-order valence-corrected chi connectivity index (χ1v) is 10.2. The molecule has 0 saturated carbocycles. The van der Waals surface area contributed by atoms with Crippen LogP contribution in [0.4, 0.5) is 10.6 Å². The second kappa shape index (κ2) is 7.86. The van der Waals surface area contributed by atoms with Gasteiger partial charge in [0.25, 0.3) is 0 Å². The van der Waals surface area contributed by atoms with Gasteiger partial charge >= 0.3 is 6.03 Å². The smallest absolute Gasteiger partial charge is 0.317 e. The molecule has 2 saturated heterocycles. The van der Waals surface area contributed by atoms with Crippen molar-refractivity contribution in [3.63, 3.8) is 0 Å². The molecule has 1 unspecified atom stereocenters. The Kier molecular flexibility index (Phi) is 4.91. The van der Waals surface area contributed by atoms with E-state index in [4.69, 9.17) is 9.84 Å². The van der Waals surface area contributed by atoms with E-state index in [-0.39, 0.29) is 18.2 Å². The number of likely N-dealkylation sites (N-methyl/N-ethyl adjacent to an activating group) is 1. The second-order valence-electron chi connectivity index (χ2n) is 7.72. The number of hydrogen-bond donors (Lipinski definition) is 1. The Balaban J connectivity index is 1.23. The lowest BCUT2D eigenvalue weighted by Gasteiger charge is -2.44. The van der Waals surface area contributed by atoms with Crippen LogP contribution in [0.1, 0.15) is 12.8 Å². The molecule has 2 aliphatic rings. The molecule has 0 spiro atoms. The van der Waals surface area contributed by atoms with Gasteiger partial charge in [0.15, 0.2) is 11.5 Å². The number of rotatable bonds is 5. The van der Waals surface area contributed by atoms with E-state index in [9.17, 15) is 4.79 Å². The fourth-order valence-corrected chi connectivity index (χ4v) is 3.81. The van der Waals surface area contributed by atoms with Crippen LogP contribution in [0.3, 0.4) is 0 Å². The van der Waals surface area contributed by atoms with Gasteiger partial charge in [-0.15, -0.1) is 15.3 Å². The van der Waals surface area contributed by atoms with Gasteiger partial charge in [-0.2, -0.15) is 4.52 Å². The zero-order chi connectivity index (χ0) is 20.5. The monoisotopic (exact) mass is 408 g/mol. The Labute approximate surface area is 173 Å². The fourth-order valence-electron chi connectivity index (χ4n) is 3.81. The number of hydrogen-bond acceptors (Lipinski definition) is 7. The van der Waals surface area contributed by atoms with Gasteiger partial charge in [-0.25, -0.2) is 4.79 Å². The molecule has 0 radical (unpaired) electrons. The molecule has 0 aromatic carbocycles. The normalized spacial score (nSPS) is 19.1. The standard InChI is InChI=1S/C20H24N8O2/c1-26(20(29)22-11-16-5-3-9-30-16)15-12-27(13-15)18-7-6-17-23-24-19(28(17)25-18)14-4-2-8-21-10-14/h2,4,6-8,10,15-16H,3,5,9,11-13H2,1H3,(H,22,29). The number of carbonyl (C=O) groups is 1. The maximum Gasteiger partial charge on any atom is 0.317 e. The zero-order valence-corrected chi connectivity index (χ0v) is 16.8. The van der Waals surface area contributed by atoms with Crippen molar-refractivity contribution >= 4 is 17.5 Å². The van der Waals surface area contributed by atoms with Crippen molar-refractivity contribution in [2.24, 2.45) is 0 Å². The Bertz CT molecular complexity index is 1030. The lowest BCUT2D eigenvalue weighted by molar-refractivity contribution is 0.107. The average Bonchev–Trinajstić information content (AvgIpc) is 3.41. The highest BCUT2D eigenvalue weighted by atomic mass is 16.5. The molecule has 3 aromatic heterocycles. The van der Waals surface area contributed by atoms with Gasteiger partial charge in [0.1, 0.15) is 5.82 Å². The predicted molar refractivity (Wildman–Crippen MR) is 110 cm³/mol. The van der Waals surface area contributed by atoms with Crippen LogP contribution in [-0.4, -0.2) is 81.2 Å². The predicted octanol–water partition coefficient (Wildman–Crippen LogP) is 1.20. The number of carbonyl (C=O) groups excluding carboxylic acids is 1. The first-order valence-electron chi connectivity index (χ1n) is 10.2. The molecule has 2 aliphatic heterocycles. The van der Waals surface area contributed by atoms with Gasteiger partial charge in [0.2, 0.25) is 0 Å². The van der Waals surface area contributed by atoms with Crippen molar-refractivity contribution in [3.05, 3.63) is 36.7 Å². The zero-order valence-electron chi connectivity index (χ0n) is 16.8. The van der Waals surface area contributed by atoms with Gasteiger partial charge < -0.3 is 19.9 Å². The third-order valence-corrected chi connectivity index (χ3v) is 5.73. The van der Waals surface area contributed by atoms with Crippen LogP contribution >= 0.6 is 0 Å². The van der Waals surface area contributed by atoms with E-state index in [1.54, 1.807) is 21.8 Å². The van der Waals surface area contributed by atoms with Crippen LogP contribution in [0.25, 0.3) is 17.0 Å². The lowest BCUT2D eigenvalue weighted by atomic mass is 10.1. The van der Waals surface area contributed by atoms with Crippen molar-refractivity contribution in [1.29, 1.82) is 0 Å². The minimum absolute atomic E-state index is 0.0590. The number of amides is 2. The SMILES string of the molecule is CN(C(=O)NCC1CCCO1)C1CN(c2ccc3nnc(-c4cccnc4)n3n2)C1. The summed E-state index contributed by atoms with van der Waals surface area (Å²) < 4.78 is 7.30. The van der Waals surface area contributed by atoms with Crippen molar-refractivity contribution in [2.45, 2.75) is 25.0 Å². The van der Waals surface area contributed by atoms with E-state index in [1.807, 2.05) is 31.3 Å². The largest absolute Gasteiger partial charge is 0.376 e. The van der Waals surface area contributed by atoms with Crippen molar-refractivity contribution in [2.75, 3.05) is 38.2 Å². The van der Waals surface area contributed by atoms with E-state index in [2.05, 4.69) is 25.4 Å². The van der Waals surface area contributed by atoms with E-state index in [1.165, 1.54) is 0 Å². The number of pyridine rings is 1. The quantitative estimate of drug-likeness (QED) is 0.677. The highest BCUT2D eigenvalue weighted by Gasteiger charge is 2.34. The fraction of sp³-hybridized carbons (Fsp3) is 0.450. The molecule has 10 nitrogen and oxygen atoms in total. The van der Waals surface area contributed by atoms with Gasteiger partial charge in [-0.3, -0.25) is 4.98 Å². The minimum atomic E-state index is -0.0590. The highest BCUT2D eigenvalue weighted by Crippen LogP contribution is 2.23. The molecule has 3 aromatic rings. The van der Waals surface area contributed by atoms with Crippen LogP contribution in [0.5, 0.6) is 0 Å². The Morgan fingerprint density at radius 3 is 2.97 bits per heavy atom. The van der Waals surface area contributed by atoms with Gasteiger partial charge in [0, 0.05) is 51.2 Å². The first-order chi connectivity index (χ1) is 14.7. The summed E-state index contributed by atoms with van der Waals surface area (Å²) in [5.74, 6) is 1.49. The molecule has 156 valence electrons. The number of urea groups is 1. The summed E-state index contributed by atoms with van der Waals surface area (Å²) in [6, 6.07) is 7.72. The van der Waals surface area contributed by atoms with Crippen LogP contribution in [0.15, 0.2) is 36.7 Å². The van der Waals surface area contributed by atoms with Crippen LogP contribution < -0.4 is 10.2 Å². The molecule has 1 atom stereocenters. The number of ether oxygens (including phenoxy) is 1. The average molecular weight is 408 g/mol. The molecule has 0 bridgehead atoms. The number of nitrogens with one attached hydrogen (secondary N) is 1.